The standard InChI is InChI=1S/C17H18N6O2/c1-3-22-8-10-6-14-16(17(18)21-24)19-9-23(14)13-5-4-11(25-2)7-12(13)15(10)20-22/h4-5,7-9,24H,3,6H2,1-2H3,(H2,18,21). The van der Waals surface area contributed by atoms with Gasteiger partial charge in [0.1, 0.15) is 17.8 Å². The van der Waals surface area contributed by atoms with Crippen molar-refractivity contribution in [1.82, 2.24) is 19.3 Å². The van der Waals surface area contributed by atoms with Crippen LogP contribution in [-0.2, 0) is 13.0 Å². The van der Waals surface area contributed by atoms with Gasteiger partial charge in [-0.3, -0.25) is 4.68 Å². The predicted molar refractivity (Wildman–Crippen MR) is 92.3 cm³/mol. The van der Waals surface area contributed by atoms with E-state index in [2.05, 4.69) is 10.1 Å². The molecule has 3 N–H and O–H groups in total. The Hall–Kier alpha value is -3.29. The molecule has 3 aromatic rings. The molecule has 0 spiro atoms. The number of ether oxygens (including phenoxy) is 1. The number of hydrogen-bond donors (Lipinski definition) is 2. The Kier molecular flexibility index (Phi) is 3.45. The van der Waals surface area contributed by atoms with Gasteiger partial charge in [0.15, 0.2) is 5.84 Å². The van der Waals surface area contributed by atoms with Crippen molar-refractivity contribution in [3.8, 4) is 22.7 Å². The topological polar surface area (TPSA) is 103 Å². The van der Waals surface area contributed by atoms with Gasteiger partial charge >= 0.3 is 0 Å². The lowest BCUT2D eigenvalue weighted by Gasteiger charge is -2.11. The van der Waals surface area contributed by atoms with Crippen LogP contribution in [0.3, 0.4) is 0 Å². The molecule has 1 aliphatic heterocycles. The highest BCUT2D eigenvalue weighted by Crippen LogP contribution is 2.37. The van der Waals surface area contributed by atoms with Crippen LogP contribution < -0.4 is 10.5 Å². The smallest absolute Gasteiger partial charge is 0.190 e. The molecule has 0 saturated heterocycles. The number of amidine groups is 1. The zero-order valence-corrected chi connectivity index (χ0v) is 14.0. The van der Waals surface area contributed by atoms with Crippen LogP contribution in [0, 0.1) is 0 Å². The maximum absolute atomic E-state index is 9.06. The highest BCUT2D eigenvalue weighted by Gasteiger charge is 2.26. The number of hydrogen-bond acceptors (Lipinski definition) is 5. The molecule has 8 heteroatoms. The summed E-state index contributed by atoms with van der Waals surface area (Å²) in [6, 6.07) is 5.84. The van der Waals surface area contributed by atoms with Crippen LogP contribution in [0.4, 0.5) is 0 Å². The largest absolute Gasteiger partial charge is 0.497 e. The van der Waals surface area contributed by atoms with Gasteiger partial charge in [0, 0.05) is 30.3 Å². The highest BCUT2D eigenvalue weighted by molar-refractivity contribution is 5.97. The summed E-state index contributed by atoms with van der Waals surface area (Å²) in [7, 11) is 1.64. The molecule has 0 amide bonds. The Morgan fingerprint density at radius 1 is 1.44 bits per heavy atom. The fourth-order valence-electron chi connectivity index (χ4n) is 3.21. The van der Waals surface area contributed by atoms with Gasteiger partial charge in [0.05, 0.1) is 24.2 Å². The Labute approximate surface area is 144 Å². The minimum absolute atomic E-state index is 0.00450. The quantitative estimate of drug-likeness (QED) is 0.256. The Balaban J connectivity index is 2.03. The molecule has 4 rings (SSSR count). The summed E-state index contributed by atoms with van der Waals surface area (Å²) in [5, 5.41) is 16.9. The zero-order valence-electron chi connectivity index (χ0n) is 14.0. The number of aromatic nitrogens is 4. The van der Waals surface area contributed by atoms with Crippen LogP contribution >= 0.6 is 0 Å². The van der Waals surface area contributed by atoms with E-state index in [0.717, 1.165) is 40.5 Å². The molecule has 25 heavy (non-hydrogen) atoms. The summed E-state index contributed by atoms with van der Waals surface area (Å²) < 4.78 is 9.25. The van der Waals surface area contributed by atoms with E-state index in [-0.39, 0.29) is 5.84 Å². The van der Waals surface area contributed by atoms with Crippen molar-refractivity contribution in [2.45, 2.75) is 19.9 Å². The van der Waals surface area contributed by atoms with Gasteiger partial charge < -0.3 is 20.2 Å². The van der Waals surface area contributed by atoms with Crippen LogP contribution in [0.1, 0.15) is 23.9 Å². The molecule has 8 nitrogen and oxygen atoms in total. The Morgan fingerprint density at radius 3 is 3.00 bits per heavy atom. The van der Waals surface area contributed by atoms with E-state index in [4.69, 9.17) is 20.8 Å². The number of benzene rings is 1. The molecule has 1 aliphatic rings. The van der Waals surface area contributed by atoms with Gasteiger partial charge in [-0.15, -0.1) is 0 Å². The molecule has 2 aromatic heterocycles. The van der Waals surface area contributed by atoms with Gasteiger partial charge in [-0.25, -0.2) is 4.98 Å². The molecule has 0 saturated carbocycles. The van der Waals surface area contributed by atoms with Crippen LogP contribution in [0.25, 0.3) is 16.9 Å². The predicted octanol–water partition coefficient (Wildman–Crippen LogP) is 1.76. The minimum atomic E-state index is -0.00450. The number of fused-ring (bicyclic) bond motifs is 5. The van der Waals surface area contributed by atoms with E-state index in [9.17, 15) is 0 Å². The first-order valence-electron chi connectivity index (χ1n) is 7.95. The highest BCUT2D eigenvalue weighted by atomic mass is 16.5. The van der Waals surface area contributed by atoms with E-state index in [0.29, 0.717) is 12.1 Å². The maximum Gasteiger partial charge on any atom is 0.190 e. The molecule has 3 heterocycles. The molecule has 128 valence electrons. The second-order valence-corrected chi connectivity index (χ2v) is 5.81. The van der Waals surface area contributed by atoms with Gasteiger partial charge in [-0.1, -0.05) is 5.16 Å². The fourth-order valence-corrected chi connectivity index (χ4v) is 3.21. The van der Waals surface area contributed by atoms with Crippen LogP contribution in [-0.4, -0.2) is 37.5 Å². The van der Waals surface area contributed by atoms with Crippen LogP contribution in [0.5, 0.6) is 5.75 Å². The number of nitrogens with two attached hydrogens (primary N) is 1. The van der Waals surface area contributed by atoms with Gasteiger partial charge in [0.2, 0.25) is 0 Å². The number of oxime groups is 1. The monoisotopic (exact) mass is 338 g/mol. The average molecular weight is 338 g/mol. The van der Waals surface area contributed by atoms with E-state index < -0.39 is 0 Å². The van der Waals surface area contributed by atoms with E-state index in [1.807, 2.05) is 40.6 Å². The third-order valence-electron chi connectivity index (χ3n) is 4.45. The van der Waals surface area contributed by atoms with Crippen LogP contribution in [0.2, 0.25) is 0 Å². The Morgan fingerprint density at radius 2 is 2.28 bits per heavy atom. The molecule has 0 unspecified atom stereocenters. The van der Waals surface area contributed by atoms with E-state index in [1.165, 1.54) is 0 Å². The van der Waals surface area contributed by atoms with Crippen molar-refractivity contribution < 1.29 is 9.94 Å². The number of methoxy groups -OCH3 is 1. The molecular weight excluding hydrogens is 320 g/mol. The normalized spacial score (nSPS) is 13.0. The number of aryl methyl sites for hydroxylation is 1. The van der Waals surface area contributed by atoms with E-state index in [1.54, 1.807) is 13.4 Å². The molecular formula is C17H18N6O2. The first kappa shape index (κ1) is 15.3. The summed E-state index contributed by atoms with van der Waals surface area (Å²) in [6.45, 7) is 2.82. The summed E-state index contributed by atoms with van der Waals surface area (Å²) >= 11 is 0. The number of nitrogens with zero attached hydrogens (tertiary/aromatic N) is 5. The Bertz CT molecular complexity index is 985. The summed E-state index contributed by atoms with van der Waals surface area (Å²) in [4.78, 5) is 4.34. The average Bonchev–Trinajstić information content (AvgIpc) is 3.22. The van der Waals surface area contributed by atoms with E-state index >= 15 is 0 Å². The molecule has 0 radical (unpaired) electrons. The van der Waals surface area contributed by atoms with Crippen molar-refractivity contribution in [3.05, 3.63) is 47.7 Å². The first-order chi connectivity index (χ1) is 12.2. The van der Waals surface area contributed by atoms with Crippen molar-refractivity contribution in [2.75, 3.05) is 7.11 Å². The molecule has 0 bridgehead atoms. The first-order valence-corrected chi connectivity index (χ1v) is 7.95. The SMILES string of the molecule is CCn1cc2c(n1)-c1cc(OC)ccc1-n1cnc(/C(N)=N\O)c1C2. The number of imidazole rings is 1. The third kappa shape index (κ3) is 2.25. The minimum Gasteiger partial charge on any atom is -0.497 e. The maximum atomic E-state index is 9.06. The van der Waals surface area contributed by atoms with Crippen molar-refractivity contribution in [2.24, 2.45) is 10.9 Å². The molecule has 1 aromatic carbocycles. The second kappa shape index (κ2) is 5.66. The molecule has 0 fully saturated rings. The lowest BCUT2D eigenvalue weighted by molar-refractivity contribution is 0.318. The molecule has 0 aliphatic carbocycles. The third-order valence-corrected chi connectivity index (χ3v) is 4.45. The van der Waals surface area contributed by atoms with Gasteiger partial charge in [0.25, 0.3) is 0 Å². The van der Waals surface area contributed by atoms with Crippen LogP contribution in [0.15, 0.2) is 35.9 Å². The van der Waals surface area contributed by atoms with Crippen molar-refractivity contribution in [1.29, 1.82) is 0 Å². The lowest BCUT2D eigenvalue weighted by atomic mass is 10.0. The van der Waals surface area contributed by atoms with Crippen molar-refractivity contribution >= 4 is 5.84 Å². The fraction of sp³-hybridized carbons (Fsp3) is 0.235. The van der Waals surface area contributed by atoms with Crippen molar-refractivity contribution in [3.63, 3.8) is 0 Å². The summed E-state index contributed by atoms with van der Waals surface area (Å²) in [5.41, 5.74) is 11.0. The number of rotatable bonds is 3. The zero-order chi connectivity index (χ0) is 17.6. The van der Waals surface area contributed by atoms with Gasteiger partial charge in [-0.05, 0) is 25.1 Å². The molecule has 0 atom stereocenters. The van der Waals surface area contributed by atoms with Gasteiger partial charge in [-0.2, -0.15) is 5.10 Å². The summed E-state index contributed by atoms with van der Waals surface area (Å²) in [5.74, 6) is 0.756. The summed E-state index contributed by atoms with van der Waals surface area (Å²) in [6.07, 6.45) is 4.29. The lowest BCUT2D eigenvalue weighted by Crippen LogP contribution is -2.16. The second-order valence-electron chi connectivity index (χ2n) is 5.81.